The van der Waals surface area contributed by atoms with Gasteiger partial charge in [0, 0.05) is 98.9 Å². The lowest BCUT2D eigenvalue weighted by Crippen LogP contribution is -2.32. The number of nitrogen functional groups attached to an aromatic ring is 3. The summed E-state index contributed by atoms with van der Waals surface area (Å²) in [5, 5.41) is 41.1. The fourth-order valence-electron chi connectivity index (χ4n) is 11.9. The minimum atomic E-state index is -1.26. The number of aryl methyl sites for hydroxylation is 6. The number of anilines is 3. The number of amides is 4. The van der Waals surface area contributed by atoms with Gasteiger partial charge in [-0.3, -0.25) is 82.1 Å². The first-order valence-electron chi connectivity index (χ1n) is 38.7. The quantitative estimate of drug-likeness (QED) is 0.00653. The summed E-state index contributed by atoms with van der Waals surface area (Å²) in [6.45, 7) is 3.98. The van der Waals surface area contributed by atoms with Gasteiger partial charge in [-0.25, -0.2) is 39.5 Å². The van der Waals surface area contributed by atoms with E-state index in [0.717, 1.165) is 16.7 Å². The Kier molecular flexibility index (Phi) is 36.5. The first-order valence-corrected chi connectivity index (χ1v) is 38.7. The number of rotatable bonds is 43. The zero-order valence-electron chi connectivity index (χ0n) is 66.9. The number of carbonyl (C=O) groups excluding carboxylic acids is 9. The fraction of sp³-hybridized carbons (Fsp3) is 0.380. The van der Waals surface area contributed by atoms with Gasteiger partial charge in [-0.05, 0) is 80.0 Å². The monoisotopic (exact) mass is 1730 g/mol. The third kappa shape index (κ3) is 30.6. The maximum absolute atomic E-state index is 12.7. The second kappa shape index (κ2) is 47.8. The zero-order valence-corrected chi connectivity index (χ0v) is 66.9. The highest BCUT2D eigenvalue weighted by molar-refractivity contribution is 6.03. The van der Waals surface area contributed by atoms with Crippen LogP contribution in [0, 0.1) is 17.8 Å². The highest BCUT2D eigenvalue weighted by Gasteiger charge is 2.35. The van der Waals surface area contributed by atoms with Crippen LogP contribution in [0.1, 0.15) is 148 Å². The van der Waals surface area contributed by atoms with Crippen LogP contribution in [0.25, 0.3) is 43.9 Å². The summed E-state index contributed by atoms with van der Waals surface area (Å²) in [5.41, 5.74) is 34.4. The summed E-state index contributed by atoms with van der Waals surface area (Å²) in [7, 11) is 0. The number of fused-ring (bicyclic) bond motifs is 3. The molecule has 46 heteroatoms. The van der Waals surface area contributed by atoms with Crippen molar-refractivity contribution in [2.75, 3.05) is 69.9 Å². The van der Waals surface area contributed by atoms with Gasteiger partial charge in [0.05, 0.1) is 93.1 Å². The second-order valence-corrected chi connectivity index (χ2v) is 27.7. The van der Waals surface area contributed by atoms with Crippen molar-refractivity contribution in [1.29, 1.82) is 0 Å². The van der Waals surface area contributed by atoms with Crippen molar-refractivity contribution in [3.63, 3.8) is 0 Å². The number of nitrogens with one attached hydrogen (secondary N) is 3. The summed E-state index contributed by atoms with van der Waals surface area (Å²) in [5.74, 6) is -13.9. The number of aromatic amines is 3. The molecule has 2 saturated heterocycles. The van der Waals surface area contributed by atoms with Gasteiger partial charge >= 0.3 is 35.8 Å². The number of carboxylic acid groups (broad SMARTS) is 4. The molecule has 0 saturated carbocycles. The number of hydrogen-bond acceptors (Lipinski definition) is 35. The molecule has 3 atom stereocenters. The third-order valence-electron chi connectivity index (χ3n) is 18.5. The molecule has 15 N–H and O–H groups in total. The van der Waals surface area contributed by atoms with Gasteiger partial charge in [0.25, 0.3) is 40.3 Å². The molecule has 8 heterocycles. The predicted octanol–water partition coefficient (Wildman–Crippen LogP) is 3.01. The molecule has 0 aliphatic carbocycles. The first kappa shape index (κ1) is 95.5. The molecular weight excluding hydrogens is 1640 g/mol. The molecule has 2 aliphatic rings. The number of hydrogen-bond donors (Lipinski definition) is 11. The van der Waals surface area contributed by atoms with Crippen molar-refractivity contribution in [3.8, 4) is 0 Å². The Hall–Kier alpha value is -15.0. The van der Waals surface area contributed by atoms with Crippen LogP contribution in [0.5, 0.6) is 0 Å². The number of H-pyrrole nitrogens is 3. The Morgan fingerprint density at radius 2 is 0.720 bits per heavy atom. The number of ketones is 3. The molecule has 46 nitrogen and oxygen atoms in total. The summed E-state index contributed by atoms with van der Waals surface area (Å²) in [6, 6.07) is 20.0. The van der Waals surface area contributed by atoms with Crippen molar-refractivity contribution in [2.45, 2.75) is 122 Å². The lowest BCUT2D eigenvalue weighted by atomic mass is 9.93. The van der Waals surface area contributed by atoms with Crippen molar-refractivity contribution >= 4 is 128 Å². The van der Waals surface area contributed by atoms with E-state index >= 15 is 0 Å². The van der Waals surface area contributed by atoms with Gasteiger partial charge in [-0.2, -0.15) is 15.0 Å². The van der Waals surface area contributed by atoms with Crippen LogP contribution in [-0.2, 0) is 110 Å². The Labute approximate surface area is 705 Å². The summed E-state index contributed by atoms with van der Waals surface area (Å²) in [6.07, 6.45) is 4.88. The number of nitrogens with zero attached hydrogens (tertiary/aromatic N) is 14. The second-order valence-electron chi connectivity index (χ2n) is 27.7. The van der Waals surface area contributed by atoms with Gasteiger partial charge in [0.15, 0.2) is 50.8 Å². The number of benzene rings is 3. The highest BCUT2D eigenvalue weighted by atomic mass is 16.7. The molecular formula is C79H87N21O25. The molecule has 658 valence electrons. The molecule has 4 amide bonds. The average molecular weight is 1730 g/mol. The molecule has 11 rings (SSSR count). The van der Waals surface area contributed by atoms with Crippen molar-refractivity contribution in [2.24, 2.45) is 28.6 Å². The van der Waals surface area contributed by atoms with E-state index in [1.165, 1.54) is 18.6 Å². The van der Waals surface area contributed by atoms with E-state index in [9.17, 15) is 92.0 Å². The van der Waals surface area contributed by atoms with Crippen LogP contribution in [0.15, 0.2) is 111 Å². The lowest BCUT2D eigenvalue weighted by molar-refractivity contribution is -0.197. The number of carboxylic acids is 4. The van der Waals surface area contributed by atoms with Crippen LogP contribution in [0.3, 0.4) is 0 Å². The van der Waals surface area contributed by atoms with E-state index in [4.69, 9.17) is 57.5 Å². The molecule has 2 fully saturated rings. The number of imide groups is 2. The average Bonchev–Trinajstić information content (AvgIpc) is 1.16. The first-order chi connectivity index (χ1) is 59.8. The normalized spacial score (nSPS) is 13.0. The standard InChI is InChI=1S/2C25H24N6O8.C21H21N5O6.C8H18N4O3/c2*26-25-29-22-21(23(36)30-25)28-16(12-27-22)7-3-13-1-4-14(5-2-13)17(32)11-15(24(37)38)6-10-20(35)39-31-18(33)8-9-19(31)34;22-21-25-18-17(19(30)26-21)24-14(10-23-18)7-3-11-1-4-12(5-2-11)15(27)9-13(20(31)32)6-8-16(28)29;9-1-3-13-5-7-15-8-6-14-4-2-11-12-10/h2*1-2,4-5,12,15H,3,6-11H2,(H,37,38)(H3,26,27,29,30,36);1-2,4-5,10,13H,3,6-9H2,(H,28,29)(H,31,32)(H3,22,23,25,26,30);1-9H2. The summed E-state index contributed by atoms with van der Waals surface area (Å²) < 4.78 is 15.4. The molecule has 3 unspecified atom stereocenters. The zero-order chi connectivity index (χ0) is 90.7. The number of aromatic nitrogens is 12. The third-order valence-corrected chi connectivity index (χ3v) is 18.5. The van der Waals surface area contributed by atoms with Crippen LogP contribution in [0.4, 0.5) is 17.8 Å². The molecule has 2 aliphatic heterocycles. The minimum absolute atomic E-state index is 0.0317. The van der Waals surface area contributed by atoms with E-state index < -0.39 is 105 Å². The lowest BCUT2D eigenvalue weighted by Gasteiger charge is -2.14. The van der Waals surface area contributed by atoms with Gasteiger partial charge in [-0.1, -0.05) is 77.9 Å². The van der Waals surface area contributed by atoms with Gasteiger partial charge in [0.2, 0.25) is 17.8 Å². The largest absolute Gasteiger partial charge is 0.481 e. The van der Waals surface area contributed by atoms with Gasteiger partial charge in [-0.15, -0.1) is 10.1 Å². The van der Waals surface area contributed by atoms with Crippen molar-refractivity contribution in [3.05, 3.63) is 183 Å². The fourth-order valence-corrected chi connectivity index (χ4v) is 11.9. The molecule has 125 heavy (non-hydrogen) atoms. The number of hydroxylamine groups is 4. The van der Waals surface area contributed by atoms with Crippen molar-refractivity contribution in [1.82, 2.24) is 69.9 Å². The Balaban J connectivity index is 0.000000216. The van der Waals surface area contributed by atoms with E-state index in [-0.39, 0.29) is 141 Å². The van der Waals surface area contributed by atoms with Crippen LogP contribution >= 0.6 is 0 Å². The Bertz CT molecular complexity index is 5410. The van der Waals surface area contributed by atoms with E-state index in [0.29, 0.717) is 135 Å². The molecule has 6 aromatic heterocycles. The number of ether oxygens (including phenoxy) is 3. The highest BCUT2D eigenvalue weighted by Crippen LogP contribution is 2.24. The predicted molar refractivity (Wildman–Crippen MR) is 434 cm³/mol. The molecule has 0 bridgehead atoms. The van der Waals surface area contributed by atoms with E-state index in [1.807, 2.05) is 0 Å². The summed E-state index contributed by atoms with van der Waals surface area (Å²) in [4.78, 5) is 245. The van der Waals surface area contributed by atoms with Gasteiger partial charge in [0.1, 0.15) is 0 Å². The Morgan fingerprint density at radius 3 is 1.01 bits per heavy atom. The molecule has 0 radical (unpaired) electrons. The van der Waals surface area contributed by atoms with Crippen LogP contribution < -0.4 is 39.6 Å². The van der Waals surface area contributed by atoms with Crippen LogP contribution in [-0.4, -0.2) is 220 Å². The van der Waals surface area contributed by atoms with Crippen LogP contribution in [0.2, 0.25) is 0 Å². The number of Topliss-reactive ketones (excluding diaryl/α,β-unsaturated/α-hetero) is 3. The molecule has 0 spiro atoms. The Morgan fingerprint density at radius 1 is 0.424 bits per heavy atom. The topological polar surface area (TPSA) is 723 Å². The summed E-state index contributed by atoms with van der Waals surface area (Å²) >= 11 is 0. The van der Waals surface area contributed by atoms with Gasteiger partial charge < -0.3 is 67.2 Å². The maximum Gasteiger partial charge on any atom is 0.333 e. The number of azide groups is 1. The van der Waals surface area contributed by atoms with E-state index in [1.54, 1.807) is 72.8 Å². The number of carbonyl (C=O) groups is 13. The SMILES string of the molecule is Nc1nc2ncc(CCc3ccc(C(=O)CC(CCC(=O)O)C(=O)O)cc3)nc2c(=O)[nH]1.Nc1nc2ncc(CCc3ccc(C(=O)CC(CCC(=O)ON4C(=O)CCC4=O)C(=O)O)cc3)nc2c(=O)[nH]1.Nc1nc2ncc(CCc3ccc(C(=O)CC(CCC(=O)ON4C(=O)CCC4=O)C(=O)O)cc3)nc2c(=O)[nH]1.[N-]=[N+]=NCCOCCOCCOCCN. The maximum atomic E-state index is 12.7. The number of aliphatic carboxylic acids is 4. The minimum Gasteiger partial charge on any atom is -0.481 e. The smallest absolute Gasteiger partial charge is 0.333 e. The van der Waals surface area contributed by atoms with Crippen molar-refractivity contribution < 1.29 is 107 Å². The molecule has 9 aromatic rings. The van der Waals surface area contributed by atoms with E-state index in [2.05, 4.69) is 69.8 Å². The number of nitrogens with two attached hydrogens (primary N) is 4. The molecule has 3 aromatic carbocycles.